The molecule has 1 fully saturated rings. The Morgan fingerprint density at radius 3 is 1.89 bits per heavy atom. The number of esters is 1. The van der Waals surface area contributed by atoms with Crippen LogP contribution in [0.2, 0.25) is 0 Å². The Kier molecular flexibility index (Phi) is 9.16. The van der Waals surface area contributed by atoms with Crippen LogP contribution in [-0.2, 0) is 23.2 Å². The van der Waals surface area contributed by atoms with Gasteiger partial charge in [-0.1, -0.05) is 103 Å². The van der Waals surface area contributed by atoms with Crippen LogP contribution in [0, 0.1) is 0 Å². The average Bonchev–Trinajstić information content (AvgIpc) is 2.94. The molecule has 37 heavy (non-hydrogen) atoms. The monoisotopic (exact) mass is 511 g/mol. The third-order valence-corrected chi connectivity index (χ3v) is 7.27. The standard InChI is InChI=1S/C33H33NO2.ClH/c35-32(29-16-8-3-9-17-29)36-33(21-24-34(25-22-33)23-20-27-12-4-1-5-13-27)31-19-11-10-18-30(31)26-28-14-6-2-7-15-28;/h1-19H,20-26H2;1H. The van der Waals surface area contributed by atoms with Crippen molar-refractivity contribution in [2.24, 2.45) is 0 Å². The minimum Gasteiger partial charge on any atom is -0.450 e. The second-order valence-corrected chi connectivity index (χ2v) is 9.65. The molecule has 4 heteroatoms. The Hall–Kier alpha value is -3.40. The van der Waals surface area contributed by atoms with E-state index in [9.17, 15) is 4.79 Å². The van der Waals surface area contributed by atoms with E-state index in [1.54, 1.807) is 0 Å². The summed E-state index contributed by atoms with van der Waals surface area (Å²) in [5, 5.41) is 0. The maximum Gasteiger partial charge on any atom is 0.339 e. The lowest BCUT2D eigenvalue weighted by Crippen LogP contribution is -2.46. The highest BCUT2D eigenvalue weighted by Gasteiger charge is 2.41. The second kappa shape index (κ2) is 12.7. The van der Waals surface area contributed by atoms with Crippen LogP contribution in [0.1, 0.15) is 45.5 Å². The van der Waals surface area contributed by atoms with Crippen LogP contribution in [0.3, 0.4) is 0 Å². The molecular weight excluding hydrogens is 478 g/mol. The Labute approximate surface area is 226 Å². The molecule has 0 atom stereocenters. The molecule has 4 aromatic carbocycles. The lowest BCUT2D eigenvalue weighted by molar-refractivity contribution is -0.0557. The van der Waals surface area contributed by atoms with Crippen LogP contribution in [0.4, 0.5) is 0 Å². The number of benzene rings is 4. The summed E-state index contributed by atoms with van der Waals surface area (Å²) in [5.74, 6) is -0.247. The molecule has 1 heterocycles. The maximum absolute atomic E-state index is 13.3. The molecule has 1 aliphatic heterocycles. The minimum absolute atomic E-state index is 0. The van der Waals surface area contributed by atoms with Crippen LogP contribution < -0.4 is 0 Å². The fraction of sp³-hybridized carbons (Fsp3) is 0.242. The summed E-state index contributed by atoms with van der Waals surface area (Å²) < 4.78 is 6.47. The SMILES string of the molecule is Cl.O=C(OC1(c2ccccc2Cc2ccccc2)CCN(CCc2ccccc2)CC1)c1ccccc1. The van der Waals surface area contributed by atoms with E-state index in [-0.39, 0.29) is 18.4 Å². The third-order valence-electron chi connectivity index (χ3n) is 7.27. The Balaban J connectivity index is 0.00000320. The fourth-order valence-electron chi connectivity index (χ4n) is 5.24. The summed E-state index contributed by atoms with van der Waals surface area (Å²) in [4.78, 5) is 15.8. The molecule has 0 unspecified atom stereocenters. The molecular formula is C33H34ClNO2. The maximum atomic E-state index is 13.3. The summed E-state index contributed by atoms with van der Waals surface area (Å²) in [6.45, 7) is 2.81. The minimum atomic E-state index is -0.637. The highest BCUT2D eigenvalue weighted by atomic mass is 35.5. The molecule has 4 aromatic rings. The molecule has 0 N–H and O–H groups in total. The molecule has 0 aliphatic carbocycles. The van der Waals surface area contributed by atoms with Gasteiger partial charge in [-0.15, -0.1) is 12.4 Å². The van der Waals surface area contributed by atoms with Gasteiger partial charge in [0.25, 0.3) is 0 Å². The van der Waals surface area contributed by atoms with E-state index in [0.29, 0.717) is 5.56 Å². The summed E-state index contributed by atoms with van der Waals surface area (Å²) in [7, 11) is 0. The van der Waals surface area contributed by atoms with Crippen molar-refractivity contribution in [2.75, 3.05) is 19.6 Å². The van der Waals surface area contributed by atoms with E-state index in [1.165, 1.54) is 16.7 Å². The molecule has 0 aromatic heterocycles. The first-order valence-electron chi connectivity index (χ1n) is 12.9. The van der Waals surface area contributed by atoms with Crippen LogP contribution in [-0.4, -0.2) is 30.5 Å². The van der Waals surface area contributed by atoms with Crippen LogP contribution in [0.15, 0.2) is 115 Å². The van der Waals surface area contributed by atoms with E-state index >= 15 is 0 Å². The topological polar surface area (TPSA) is 29.5 Å². The Morgan fingerprint density at radius 2 is 1.24 bits per heavy atom. The molecule has 190 valence electrons. The summed E-state index contributed by atoms with van der Waals surface area (Å²) in [6, 6.07) is 39.0. The van der Waals surface area contributed by atoms with Gasteiger partial charge >= 0.3 is 5.97 Å². The van der Waals surface area contributed by atoms with Gasteiger partial charge in [-0.3, -0.25) is 0 Å². The van der Waals surface area contributed by atoms with Crippen LogP contribution in [0.5, 0.6) is 0 Å². The largest absolute Gasteiger partial charge is 0.450 e. The highest BCUT2D eigenvalue weighted by molar-refractivity contribution is 5.89. The summed E-state index contributed by atoms with van der Waals surface area (Å²) >= 11 is 0. The third kappa shape index (κ3) is 6.68. The van der Waals surface area contributed by atoms with Gasteiger partial charge in [0.1, 0.15) is 5.60 Å². The molecule has 0 saturated carbocycles. The van der Waals surface area contributed by atoms with Gasteiger partial charge in [-0.25, -0.2) is 4.79 Å². The normalized spacial score (nSPS) is 14.9. The van der Waals surface area contributed by atoms with Crippen LogP contribution >= 0.6 is 12.4 Å². The quantitative estimate of drug-likeness (QED) is 0.236. The zero-order valence-corrected chi connectivity index (χ0v) is 21.9. The second-order valence-electron chi connectivity index (χ2n) is 9.65. The zero-order valence-electron chi connectivity index (χ0n) is 21.1. The van der Waals surface area contributed by atoms with Gasteiger partial charge < -0.3 is 9.64 Å². The van der Waals surface area contributed by atoms with Gasteiger partial charge in [-0.05, 0) is 47.2 Å². The van der Waals surface area contributed by atoms with Crippen molar-refractivity contribution in [2.45, 2.75) is 31.3 Å². The molecule has 0 amide bonds. The number of piperidine rings is 1. The van der Waals surface area contributed by atoms with E-state index in [0.717, 1.165) is 50.9 Å². The number of likely N-dealkylation sites (tertiary alicyclic amines) is 1. The van der Waals surface area contributed by atoms with Crippen LogP contribution in [0.25, 0.3) is 0 Å². The molecule has 5 rings (SSSR count). The number of nitrogens with zero attached hydrogens (tertiary/aromatic N) is 1. The number of hydrogen-bond donors (Lipinski definition) is 0. The number of halogens is 1. The molecule has 1 aliphatic rings. The average molecular weight is 512 g/mol. The first-order valence-corrected chi connectivity index (χ1v) is 12.9. The van der Waals surface area contributed by atoms with Gasteiger partial charge in [0.15, 0.2) is 0 Å². The first kappa shape index (κ1) is 26.7. The Morgan fingerprint density at radius 1 is 0.703 bits per heavy atom. The van der Waals surface area contributed by atoms with Crippen molar-refractivity contribution >= 4 is 18.4 Å². The van der Waals surface area contributed by atoms with Gasteiger partial charge in [0.2, 0.25) is 0 Å². The number of carbonyl (C=O) groups excluding carboxylic acids is 1. The van der Waals surface area contributed by atoms with E-state index in [4.69, 9.17) is 4.74 Å². The summed E-state index contributed by atoms with van der Waals surface area (Å²) in [5.41, 5.74) is 4.95. The predicted octanol–water partition coefficient (Wildman–Crippen LogP) is 7.09. The highest BCUT2D eigenvalue weighted by Crippen LogP contribution is 2.40. The number of hydrogen-bond acceptors (Lipinski definition) is 3. The Bertz CT molecular complexity index is 1250. The number of rotatable bonds is 8. The summed E-state index contributed by atoms with van der Waals surface area (Å²) in [6.07, 6.45) is 3.42. The van der Waals surface area contributed by atoms with E-state index < -0.39 is 5.60 Å². The van der Waals surface area contributed by atoms with E-state index in [2.05, 4.69) is 83.8 Å². The smallest absolute Gasteiger partial charge is 0.339 e. The van der Waals surface area contributed by atoms with Crippen molar-refractivity contribution in [3.8, 4) is 0 Å². The molecule has 1 saturated heterocycles. The number of ether oxygens (including phenoxy) is 1. The lowest BCUT2D eigenvalue weighted by Gasteiger charge is -2.42. The van der Waals surface area contributed by atoms with Crippen molar-refractivity contribution in [1.82, 2.24) is 4.90 Å². The molecule has 3 nitrogen and oxygen atoms in total. The van der Waals surface area contributed by atoms with Crippen molar-refractivity contribution < 1.29 is 9.53 Å². The fourth-order valence-corrected chi connectivity index (χ4v) is 5.24. The van der Waals surface area contributed by atoms with Gasteiger partial charge in [0, 0.05) is 32.5 Å². The predicted molar refractivity (Wildman–Crippen MR) is 152 cm³/mol. The first-order chi connectivity index (χ1) is 17.7. The molecule has 0 spiro atoms. The van der Waals surface area contributed by atoms with E-state index in [1.807, 2.05) is 36.4 Å². The van der Waals surface area contributed by atoms with Crippen molar-refractivity contribution in [3.05, 3.63) is 143 Å². The van der Waals surface area contributed by atoms with Gasteiger partial charge in [0.05, 0.1) is 5.56 Å². The lowest BCUT2D eigenvalue weighted by atomic mass is 9.80. The molecule has 0 radical (unpaired) electrons. The zero-order chi connectivity index (χ0) is 24.6. The van der Waals surface area contributed by atoms with Gasteiger partial charge in [-0.2, -0.15) is 0 Å². The van der Waals surface area contributed by atoms with Crippen molar-refractivity contribution in [3.63, 3.8) is 0 Å². The van der Waals surface area contributed by atoms with Crippen molar-refractivity contribution in [1.29, 1.82) is 0 Å². The molecule has 0 bridgehead atoms. The number of carbonyl (C=O) groups is 1.